The summed E-state index contributed by atoms with van der Waals surface area (Å²) in [6.45, 7) is 2.88. The van der Waals surface area contributed by atoms with E-state index >= 15 is 0 Å². The summed E-state index contributed by atoms with van der Waals surface area (Å²) in [6.07, 6.45) is 5.13. The molecule has 1 amide bonds. The monoisotopic (exact) mass is 532 g/mol. The first kappa shape index (κ1) is 27.5. The lowest BCUT2D eigenvalue weighted by molar-refractivity contribution is 0.0829. The number of aliphatic hydroxyl groups is 1. The highest BCUT2D eigenvalue weighted by atomic mass is 19.1. The van der Waals surface area contributed by atoms with Gasteiger partial charge in [-0.1, -0.05) is 49.7 Å². The molecule has 2 aliphatic carbocycles. The first-order valence-corrected chi connectivity index (χ1v) is 14.2. The van der Waals surface area contributed by atoms with Gasteiger partial charge in [0.2, 0.25) is 0 Å². The molecule has 39 heavy (non-hydrogen) atoms. The van der Waals surface area contributed by atoms with E-state index in [4.69, 9.17) is 0 Å². The summed E-state index contributed by atoms with van der Waals surface area (Å²) in [7, 11) is 0. The fourth-order valence-corrected chi connectivity index (χ4v) is 6.55. The third kappa shape index (κ3) is 6.92. The molecule has 6 heteroatoms. The van der Waals surface area contributed by atoms with E-state index in [-0.39, 0.29) is 18.9 Å². The molecule has 0 aromatic heterocycles. The summed E-state index contributed by atoms with van der Waals surface area (Å²) in [5, 5.41) is 17.3. The number of amides is 1. The summed E-state index contributed by atoms with van der Waals surface area (Å²) >= 11 is 0. The van der Waals surface area contributed by atoms with Crippen LogP contribution in [0.5, 0.6) is 0 Å². The van der Waals surface area contributed by atoms with Crippen LogP contribution in [0, 0.1) is 23.5 Å². The Hall–Kier alpha value is -3.09. The molecule has 0 spiro atoms. The second-order valence-corrected chi connectivity index (χ2v) is 11.3. The number of rotatable bonds is 11. The largest absolute Gasteiger partial charge is 0.390 e. The van der Waals surface area contributed by atoms with Gasteiger partial charge in [-0.25, -0.2) is 8.78 Å². The molecule has 0 saturated heterocycles. The molecule has 2 unspecified atom stereocenters. The van der Waals surface area contributed by atoms with Gasteiger partial charge in [-0.15, -0.1) is 0 Å². The average molecular weight is 533 g/mol. The van der Waals surface area contributed by atoms with Gasteiger partial charge in [0, 0.05) is 24.7 Å². The molecule has 0 aliphatic heterocycles. The summed E-state index contributed by atoms with van der Waals surface area (Å²) in [5.41, 5.74) is 4.47. The number of hydrogen-bond donors (Lipinski definition) is 3. The molecule has 206 valence electrons. The maximum absolute atomic E-state index is 13.9. The van der Waals surface area contributed by atoms with Gasteiger partial charge >= 0.3 is 0 Å². The van der Waals surface area contributed by atoms with E-state index in [1.54, 1.807) is 6.07 Å². The van der Waals surface area contributed by atoms with Gasteiger partial charge < -0.3 is 15.7 Å². The number of fused-ring (bicyclic) bond motifs is 2. The van der Waals surface area contributed by atoms with E-state index < -0.39 is 23.8 Å². The van der Waals surface area contributed by atoms with Crippen molar-refractivity contribution in [1.29, 1.82) is 0 Å². The van der Waals surface area contributed by atoms with Crippen LogP contribution in [0.15, 0.2) is 66.7 Å². The lowest BCUT2D eigenvalue weighted by Gasteiger charge is -2.26. The molecule has 5 atom stereocenters. The van der Waals surface area contributed by atoms with Crippen LogP contribution in [-0.4, -0.2) is 29.7 Å². The van der Waals surface area contributed by atoms with Gasteiger partial charge in [0.1, 0.15) is 11.6 Å². The smallest absolute Gasteiger partial charge is 0.251 e. The molecule has 5 rings (SSSR count). The van der Waals surface area contributed by atoms with E-state index in [0.29, 0.717) is 29.5 Å². The van der Waals surface area contributed by atoms with Gasteiger partial charge in [0.25, 0.3) is 5.91 Å². The zero-order valence-corrected chi connectivity index (χ0v) is 22.5. The van der Waals surface area contributed by atoms with Gasteiger partial charge in [-0.05, 0) is 96.4 Å². The predicted octanol–water partition coefficient (Wildman–Crippen LogP) is 5.92. The number of benzene rings is 3. The maximum atomic E-state index is 13.9. The zero-order valence-electron chi connectivity index (χ0n) is 22.5. The summed E-state index contributed by atoms with van der Waals surface area (Å²) in [6, 6.07) is 18.6. The Morgan fingerprint density at radius 3 is 2.44 bits per heavy atom. The Labute approximate surface area is 229 Å². The van der Waals surface area contributed by atoms with E-state index in [9.17, 15) is 18.7 Å². The minimum absolute atomic E-state index is 0.0979. The Morgan fingerprint density at radius 1 is 0.949 bits per heavy atom. The third-order valence-electron chi connectivity index (χ3n) is 8.56. The van der Waals surface area contributed by atoms with Gasteiger partial charge in [-0.2, -0.15) is 0 Å². The van der Waals surface area contributed by atoms with E-state index in [2.05, 4.69) is 35.8 Å². The van der Waals surface area contributed by atoms with Crippen LogP contribution in [0.25, 0.3) is 0 Å². The normalized spacial score (nSPS) is 21.6. The first-order valence-electron chi connectivity index (χ1n) is 14.2. The molecule has 4 nitrogen and oxygen atoms in total. The molecule has 2 saturated carbocycles. The van der Waals surface area contributed by atoms with E-state index in [1.165, 1.54) is 48.9 Å². The molecular formula is C33H38F2N2O2. The van der Waals surface area contributed by atoms with Gasteiger partial charge in [-0.3, -0.25) is 4.79 Å². The number of hydrogen-bond acceptors (Lipinski definition) is 3. The topological polar surface area (TPSA) is 61.4 Å². The number of halogens is 2. The lowest BCUT2D eigenvalue weighted by Crippen LogP contribution is -2.48. The van der Waals surface area contributed by atoms with Crippen LogP contribution in [0.1, 0.15) is 71.1 Å². The highest BCUT2D eigenvalue weighted by Gasteiger charge is 2.40. The van der Waals surface area contributed by atoms with Crippen molar-refractivity contribution in [2.45, 2.75) is 70.1 Å². The van der Waals surface area contributed by atoms with Crippen molar-refractivity contribution >= 4 is 5.91 Å². The first-order chi connectivity index (χ1) is 18.9. The highest BCUT2D eigenvalue weighted by Crippen LogP contribution is 2.52. The quantitative estimate of drug-likeness (QED) is 0.287. The number of carbonyl (C=O) groups excluding carboxylic acids is 1. The van der Waals surface area contributed by atoms with Crippen molar-refractivity contribution in [2.75, 3.05) is 6.54 Å². The SMILES string of the molecule is CCc1cccc(CNC[C@@H](O)[C@H](Cc2cc(F)cc(F)c2)NC(=O)c2cccc([C@H]3CC4CCC3C4)c2)c1. The van der Waals surface area contributed by atoms with E-state index in [0.717, 1.165) is 24.0 Å². The summed E-state index contributed by atoms with van der Waals surface area (Å²) in [4.78, 5) is 13.4. The molecule has 3 aromatic carbocycles. The Balaban J connectivity index is 1.28. The molecule has 0 radical (unpaired) electrons. The Bertz CT molecular complexity index is 1280. The van der Waals surface area contributed by atoms with Crippen molar-refractivity contribution in [1.82, 2.24) is 10.6 Å². The fourth-order valence-electron chi connectivity index (χ4n) is 6.55. The van der Waals surface area contributed by atoms with Crippen molar-refractivity contribution in [3.63, 3.8) is 0 Å². The molecule has 3 N–H and O–H groups in total. The van der Waals surface area contributed by atoms with E-state index in [1.807, 2.05) is 24.3 Å². The second kappa shape index (κ2) is 12.4. The van der Waals surface area contributed by atoms with Crippen molar-refractivity contribution in [2.24, 2.45) is 11.8 Å². The standard InChI is InChI=1S/C33H38F2N2O2/c1-2-21-5-3-6-23(11-21)19-36-20-32(38)31(16-24-13-28(34)18-29(35)14-24)37-33(39)27-8-4-7-25(17-27)30-15-22-9-10-26(30)12-22/h3-8,11,13-14,17-18,22,26,30-32,36,38H,2,9-10,12,15-16,19-20H2,1H3,(H,37,39)/t22?,26?,30-,31+,32-/m1/s1. The Kier molecular flexibility index (Phi) is 8.73. The number of nitrogens with one attached hydrogen (secondary N) is 2. The predicted molar refractivity (Wildman–Crippen MR) is 149 cm³/mol. The number of aryl methyl sites for hydroxylation is 1. The van der Waals surface area contributed by atoms with Crippen LogP contribution < -0.4 is 10.6 Å². The minimum atomic E-state index is -0.969. The lowest BCUT2D eigenvalue weighted by atomic mass is 9.83. The molecule has 2 fully saturated rings. The zero-order chi connectivity index (χ0) is 27.4. The minimum Gasteiger partial charge on any atom is -0.390 e. The van der Waals surface area contributed by atoms with Gasteiger partial charge in [0.15, 0.2) is 0 Å². The van der Waals surface area contributed by atoms with Crippen LogP contribution in [0.4, 0.5) is 8.78 Å². The molecule has 0 heterocycles. The fraction of sp³-hybridized carbons (Fsp3) is 0.424. The van der Waals surface area contributed by atoms with Crippen molar-refractivity contribution in [3.8, 4) is 0 Å². The molecule has 2 aliphatic rings. The van der Waals surface area contributed by atoms with Crippen LogP contribution in [-0.2, 0) is 19.4 Å². The maximum Gasteiger partial charge on any atom is 0.251 e. The van der Waals surface area contributed by atoms with Crippen LogP contribution >= 0.6 is 0 Å². The summed E-state index contributed by atoms with van der Waals surface area (Å²) in [5.74, 6) is 0.352. The van der Waals surface area contributed by atoms with Crippen molar-refractivity contribution < 1.29 is 18.7 Å². The molecule has 2 bridgehead atoms. The van der Waals surface area contributed by atoms with Crippen molar-refractivity contribution in [3.05, 3.63) is 106 Å². The summed E-state index contributed by atoms with van der Waals surface area (Å²) < 4.78 is 27.8. The van der Waals surface area contributed by atoms with Crippen LogP contribution in [0.2, 0.25) is 0 Å². The Morgan fingerprint density at radius 2 is 1.72 bits per heavy atom. The van der Waals surface area contributed by atoms with Gasteiger partial charge in [0.05, 0.1) is 12.1 Å². The molecular weight excluding hydrogens is 494 g/mol. The average Bonchev–Trinajstić information content (AvgIpc) is 3.56. The number of carbonyl (C=O) groups is 1. The third-order valence-corrected chi connectivity index (χ3v) is 8.56. The second-order valence-electron chi connectivity index (χ2n) is 11.3. The highest BCUT2D eigenvalue weighted by molar-refractivity contribution is 5.94. The number of aliphatic hydroxyl groups excluding tert-OH is 1. The van der Waals surface area contributed by atoms with Crippen LogP contribution in [0.3, 0.4) is 0 Å². The molecule has 3 aromatic rings.